The predicted octanol–water partition coefficient (Wildman–Crippen LogP) is 4.61. The molecule has 0 fully saturated rings. The summed E-state index contributed by atoms with van der Waals surface area (Å²) in [6, 6.07) is 0.904. The van der Waals surface area contributed by atoms with Crippen molar-refractivity contribution in [2.45, 2.75) is 65.3 Å². The molecule has 1 unspecified atom stereocenters. The van der Waals surface area contributed by atoms with Gasteiger partial charge in [0.15, 0.2) is 8.32 Å². The molecular formula is C10H29ClO3Si4. The topological polar surface area (TPSA) is 27.7 Å². The van der Waals surface area contributed by atoms with Gasteiger partial charge in [-0.25, -0.2) is 0 Å². The number of hydrogen-bond acceptors (Lipinski definition) is 3. The second kappa shape index (κ2) is 6.21. The summed E-state index contributed by atoms with van der Waals surface area (Å²) in [4.78, 5) is 0. The summed E-state index contributed by atoms with van der Waals surface area (Å²) in [5, 5.41) is 0. The first-order valence-electron chi connectivity index (χ1n) is 6.47. The van der Waals surface area contributed by atoms with Crippen LogP contribution in [-0.2, 0) is 12.3 Å². The average molecular weight is 345 g/mol. The lowest BCUT2D eigenvalue weighted by atomic mass is 11.0. The first-order valence-corrected chi connectivity index (χ1v) is 19.1. The van der Waals surface area contributed by atoms with Crippen molar-refractivity contribution in [3.05, 3.63) is 0 Å². The number of halogens is 1. The Balaban J connectivity index is 4.80. The third-order valence-corrected chi connectivity index (χ3v) is 15.9. The monoisotopic (exact) mass is 344 g/mol. The van der Waals surface area contributed by atoms with E-state index in [-0.39, 0.29) is 0 Å². The fraction of sp³-hybridized carbons (Fsp3) is 1.00. The molecular weight excluding hydrogens is 316 g/mol. The Hall–Kier alpha value is 1.04. The molecule has 0 amide bonds. The third kappa shape index (κ3) is 9.02. The molecule has 0 radical (unpaired) electrons. The van der Waals surface area contributed by atoms with Gasteiger partial charge in [0.05, 0.1) is 0 Å². The van der Waals surface area contributed by atoms with Crippen LogP contribution in [0.25, 0.3) is 0 Å². The Morgan fingerprint density at radius 3 is 1.50 bits per heavy atom. The largest absolute Gasteiger partial charge is 0.437 e. The summed E-state index contributed by atoms with van der Waals surface area (Å²) >= 11 is 6.31. The van der Waals surface area contributed by atoms with Gasteiger partial charge in [0.25, 0.3) is 7.63 Å². The summed E-state index contributed by atoms with van der Waals surface area (Å²) in [5.74, 6) is 0. The molecule has 18 heavy (non-hydrogen) atoms. The number of rotatable bonds is 7. The van der Waals surface area contributed by atoms with Crippen molar-refractivity contribution in [1.29, 1.82) is 0 Å². The van der Waals surface area contributed by atoms with Gasteiger partial charge in [0.1, 0.15) is 0 Å². The molecule has 0 spiro atoms. The second-order valence-electron chi connectivity index (χ2n) is 6.67. The van der Waals surface area contributed by atoms with Gasteiger partial charge < -0.3 is 12.3 Å². The maximum atomic E-state index is 6.35. The molecule has 0 aromatic heterocycles. The normalized spacial score (nSPS) is 17.7. The zero-order valence-corrected chi connectivity index (χ0v) is 18.1. The molecule has 0 aliphatic carbocycles. The summed E-state index contributed by atoms with van der Waals surface area (Å²) < 4.78 is 18.7. The van der Waals surface area contributed by atoms with Crippen molar-refractivity contribution >= 4 is 44.1 Å². The van der Waals surface area contributed by atoms with Crippen LogP contribution in [0.3, 0.4) is 0 Å². The van der Waals surface area contributed by atoms with Crippen molar-refractivity contribution in [2.24, 2.45) is 0 Å². The third-order valence-electron chi connectivity index (χ3n) is 2.11. The highest BCUT2D eigenvalue weighted by atomic mass is 35.6. The van der Waals surface area contributed by atoms with E-state index < -0.39 is 33.1 Å². The molecule has 110 valence electrons. The lowest BCUT2D eigenvalue weighted by Gasteiger charge is -2.40. The first kappa shape index (κ1) is 19.0. The van der Waals surface area contributed by atoms with Crippen LogP contribution in [-0.4, -0.2) is 33.1 Å². The van der Waals surface area contributed by atoms with Crippen molar-refractivity contribution in [3.63, 3.8) is 0 Å². The van der Waals surface area contributed by atoms with Crippen LogP contribution in [0.1, 0.15) is 6.92 Å². The molecule has 1 atom stereocenters. The van der Waals surface area contributed by atoms with E-state index in [1.807, 2.05) is 13.1 Å². The second-order valence-corrected chi connectivity index (χ2v) is 24.6. The highest BCUT2D eigenvalue weighted by Gasteiger charge is 2.43. The molecule has 8 heteroatoms. The molecule has 0 rings (SSSR count). The van der Waals surface area contributed by atoms with E-state index in [1.54, 1.807) is 0 Å². The minimum absolute atomic E-state index is 0.904. The predicted molar refractivity (Wildman–Crippen MR) is 89.5 cm³/mol. The zero-order chi connectivity index (χ0) is 14.8. The van der Waals surface area contributed by atoms with Gasteiger partial charge in [-0.3, -0.25) is 0 Å². The maximum Gasteiger partial charge on any atom is 0.316 e. The van der Waals surface area contributed by atoms with Crippen LogP contribution in [0.5, 0.6) is 0 Å². The van der Waals surface area contributed by atoms with Crippen LogP contribution in [0.4, 0.5) is 0 Å². The van der Waals surface area contributed by atoms with Crippen LogP contribution in [0.2, 0.25) is 58.4 Å². The van der Waals surface area contributed by atoms with Gasteiger partial charge in [-0.2, -0.15) is 0 Å². The fourth-order valence-electron chi connectivity index (χ4n) is 1.96. The Morgan fingerprint density at radius 2 is 1.22 bits per heavy atom. The van der Waals surface area contributed by atoms with Crippen molar-refractivity contribution in [1.82, 2.24) is 0 Å². The van der Waals surface area contributed by atoms with Crippen LogP contribution < -0.4 is 0 Å². The molecule has 0 N–H and O–H groups in total. The van der Waals surface area contributed by atoms with Crippen molar-refractivity contribution in [2.75, 3.05) is 0 Å². The highest BCUT2D eigenvalue weighted by molar-refractivity contribution is 7.17. The van der Waals surface area contributed by atoms with E-state index in [4.69, 9.17) is 23.4 Å². The minimum atomic E-state index is -2.21. The summed E-state index contributed by atoms with van der Waals surface area (Å²) in [6.45, 7) is 19.0. The SMILES string of the molecule is CC[Si](C)(O[Si](C)(C)Cl)O[Si](C)(C)O[Si](C)(C)C. The maximum absolute atomic E-state index is 6.35. The summed E-state index contributed by atoms with van der Waals surface area (Å²) in [6.07, 6.45) is 0. The van der Waals surface area contributed by atoms with Crippen LogP contribution in [0.15, 0.2) is 0 Å². The van der Waals surface area contributed by atoms with E-state index in [2.05, 4.69) is 46.2 Å². The Bertz CT molecular complexity index is 275. The van der Waals surface area contributed by atoms with Crippen LogP contribution >= 0.6 is 11.1 Å². The lowest BCUT2D eigenvalue weighted by molar-refractivity contribution is 0.328. The fourth-order valence-corrected chi connectivity index (χ4v) is 19.8. The average Bonchev–Trinajstić information content (AvgIpc) is 1.93. The van der Waals surface area contributed by atoms with E-state index in [0.717, 1.165) is 6.04 Å². The zero-order valence-electron chi connectivity index (χ0n) is 13.3. The Labute approximate surface area is 122 Å². The van der Waals surface area contributed by atoms with E-state index in [0.29, 0.717) is 0 Å². The van der Waals surface area contributed by atoms with Gasteiger partial charge in [-0.1, -0.05) is 6.92 Å². The van der Waals surface area contributed by atoms with Crippen LogP contribution in [0, 0.1) is 0 Å². The Kier molecular flexibility index (Phi) is 6.57. The van der Waals surface area contributed by atoms with E-state index in [1.165, 1.54) is 0 Å². The molecule has 0 aromatic rings. The minimum Gasteiger partial charge on any atom is -0.437 e. The number of hydrogen-bond donors (Lipinski definition) is 0. The molecule has 0 aliphatic heterocycles. The van der Waals surface area contributed by atoms with Gasteiger partial charge in [0, 0.05) is 0 Å². The summed E-state index contributed by atoms with van der Waals surface area (Å²) in [5.41, 5.74) is 0. The van der Waals surface area contributed by atoms with Crippen molar-refractivity contribution < 1.29 is 12.3 Å². The Morgan fingerprint density at radius 1 is 0.778 bits per heavy atom. The molecule has 0 aromatic carbocycles. The first-order chi connectivity index (χ1) is 7.68. The van der Waals surface area contributed by atoms with Gasteiger partial charge in [-0.05, 0) is 58.4 Å². The summed E-state index contributed by atoms with van der Waals surface area (Å²) in [7, 11) is -8.01. The molecule has 0 bridgehead atoms. The highest BCUT2D eigenvalue weighted by Crippen LogP contribution is 2.27. The van der Waals surface area contributed by atoms with Gasteiger partial charge in [0.2, 0.25) is 0 Å². The molecule has 0 saturated carbocycles. The lowest BCUT2D eigenvalue weighted by Crippen LogP contribution is -2.56. The molecule has 0 heterocycles. The van der Waals surface area contributed by atoms with E-state index >= 15 is 0 Å². The van der Waals surface area contributed by atoms with Gasteiger partial charge >= 0.3 is 17.1 Å². The van der Waals surface area contributed by atoms with Gasteiger partial charge in [-0.15, -0.1) is 11.1 Å². The molecule has 3 nitrogen and oxygen atoms in total. The molecule has 0 saturated heterocycles. The van der Waals surface area contributed by atoms with Crippen molar-refractivity contribution in [3.8, 4) is 0 Å². The molecule has 0 aliphatic rings. The van der Waals surface area contributed by atoms with E-state index in [9.17, 15) is 0 Å². The quantitative estimate of drug-likeness (QED) is 0.498. The standard InChI is InChI=1S/C10H29ClO3Si4/c1-10-18(9,13-16(5,6)11)14-17(7,8)12-15(2,3)4/h10H2,1-9H3. The smallest absolute Gasteiger partial charge is 0.316 e.